The molecule has 1 aromatic carbocycles. The highest BCUT2D eigenvalue weighted by molar-refractivity contribution is 8.13. The van der Waals surface area contributed by atoms with Crippen molar-refractivity contribution in [3.63, 3.8) is 0 Å². The summed E-state index contributed by atoms with van der Waals surface area (Å²) in [6.07, 6.45) is -2.75. The van der Waals surface area contributed by atoms with Gasteiger partial charge in [0.25, 0.3) is 6.43 Å². The van der Waals surface area contributed by atoms with Crippen molar-refractivity contribution in [1.82, 2.24) is 0 Å². The Morgan fingerprint density at radius 1 is 1.28 bits per heavy atom. The predicted octanol–water partition coefficient (Wildman–Crippen LogP) is 2.71. The highest BCUT2D eigenvalue weighted by Crippen LogP contribution is 2.36. The second-order valence-corrected chi connectivity index (χ2v) is 6.18. The van der Waals surface area contributed by atoms with Crippen LogP contribution in [0.3, 0.4) is 0 Å². The molecule has 0 unspecified atom stereocenters. The van der Waals surface area contributed by atoms with Crippen LogP contribution in [0.4, 0.5) is 8.78 Å². The summed E-state index contributed by atoms with van der Waals surface area (Å²) in [4.78, 5) is 0. The fourth-order valence-corrected chi connectivity index (χ4v) is 2.42. The van der Waals surface area contributed by atoms with Gasteiger partial charge in [-0.05, 0) is 12.1 Å². The molecule has 0 aliphatic rings. The first kappa shape index (κ1) is 15.0. The lowest BCUT2D eigenvalue weighted by Crippen LogP contribution is -2.02. The van der Waals surface area contributed by atoms with Gasteiger partial charge in [-0.1, -0.05) is 0 Å². The summed E-state index contributed by atoms with van der Waals surface area (Å²) in [5.74, 6) is -0.508. The zero-order chi connectivity index (χ0) is 13.9. The Bertz CT molecular complexity index is 531. The van der Waals surface area contributed by atoms with Crippen molar-refractivity contribution in [1.29, 1.82) is 0 Å². The minimum atomic E-state index is -3.89. The van der Waals surface area contributed by atoms with Gasteiger partial charge in [0.05, 0.1) is 20.0 Å². The monoisotopic (exact) mass is 300 g/mol. The van der Waals surface area contributed by atoms with E-state index in [0.717, 1.165) is 12.1 Å². The molecule has 18 heavy (non-hydrogen) atoms. The van der Waals surface area contributed by atoms with Crippen LogP contribution in [0.1, 0.15) is 17.6 Å². The first-order valence-electron chi connectivity index (χ1n) is 4.73. The molecule has 0 spiro atoms. The van der Waals surface area contributed by atoms with E-state index in [0.29, 0.717) is 0 Å². The number of rotatable bonds is 5. The molecule has 0 radical (unpaired) electrons. The van der Waals surface area contributed by atoms with Crippen molar-refractivity contribution in [2.45, 2.75) is 12.2 Å². The summed E-state index contributed by atoms with van der Waals surface area (Å²) in [6.45, 7) is 0. The van der Waals surface area contributed by atoms with Crippen LogP contribution in [-0.2, 0) is 14.8 Å². The average molecular weight is 301 g/mol. The minimum Gasteiger partial charge on any atom is -0.493 e. The minimum absolute atomic E-state index is 0.0298. The zero-order valence-electron chi connectivity index (χ0n) is 9.61. The van der Waals surface area contributed by atoms with Crippen molar-refractivity contribution in [2.24, 2.45) is 0 Å². The van der Waals surface area contributed by atoms with Crippen molar-refractivity contribution < 1.29 is 26.7 Å². The lowest BCUT2D eigenvalue weighted by Gasteiger charge is -2.14. The molecule has 8 heteroatoms. The molecule has 0 atom stereocenters. The number of ether oxygens (including phenoxy) is 2. The van der Waals surface area contributed by atoms with Gasteiger partial charge in [0.1, 0.15) is 0 Å². The SMILES string of the molecule is COc1cc(C(F)F)cc(CS(=O)(=O)Cl)c1OC. The molecule has 0 aromatic heterocycles. The van der Waals surface area contributed by atoms with Crippen LogP contribution in [0, 0.1) is 0 Å². The summed E-state index contributed by atoms with van der Waals surface area (Å²) in [6, 6.07) is 2.12. The number of alkyl halides is 2. The average Bonchev–Trinajstić information content (AvgIpc) is 2.25. The van der Waals surface area contributed by atoms with E-state index in [1.54, 1.807) is 0 Å². The molecule has 1 aromatic rings. The van der Waals surface area contributed by atoms with E-state index < -0.39 is 21.2 Å². The quantitative estimate of drug-likeness (QED) is 0.785. The Morgan fingerprint density at radius 2 is 1.89 bits per heavy atom. The Kier molecular flexibility index (Phi) is 4.75. The zero-order valence-corrected chi connectivity index (χ0v) is 11.2. The number of halogens is 3. The number of methoxy groups -OCH3 is 2. The van der Waals surface area contributed by atoms with E-state index >= 15 is 0 Å². The molecule has 0 saturated carbocycles. The van der Waals surface area contributed by atoms with E-state index in [4.69, 9.17) is 20.2 Å². The topological polar surface area (TPSA) is 52.6 Å². The first-order chi connectivity index (χ1) is 8.28. The first-order valence-corrected chi connectivity index (χ1v) is 7.21. The standard InChI is InChI=1S/C10H11ClF2O4S/c1-16-8-4-6(10(12)13)3-7(9(8)17-2)5-18(11,14)15/h3-4,10H,5H2,1-2H3. The molecule has 0 aliphatic carbocycles. The molecule has 0 aliphatic heterocycles. The molecule has 102 valence electrons. The maximum Gasteiger partial charge on any atom is 0.263 e. The number of hydrogen-bond acceptors (Lipinski definition) is 4. The largest absolute Gasteiger partial charge is 0.493 e. The van der Waals surface area contributed by atoms with Crippen LogP contribution in [0.15, 0.2) is 12.1 Å². The predicted molar refractivity (Wildman–Crippen MR) is 63.0 cm³/mol. The van der Waals surface area contributed by atoms with Gasteiger partial charge in [0.2, 0.25) is 9.05 Å². The van der Waals surface area contributed by atoms with Gasteiger partial charge in [-0.3, -0.25) is 0 Å². The lowest BCUT2D eigenvalue weighted by molar-refractivity contribution is 0.150. The highest BCUT2D eigenvalue weighted by atomic mass is 35.7. The van der Waals surface area contributed by atoms with Gasteiger partial charge in [-0.15, -0.1) is 0 Å². The lowest BCUT2D eigenvalue weighted by atomic mass is 10.1. The van der Waals surface area contributed by atoms with Crippen molar-refractivity contribution in [3.05, 3.63) is 23.3 Å². The molecule has 0 saturated heterocycles. The Balaban J connectivity index is 3.40. The van der Waals surface area contributed by atoms with E-state index in [-0.39, 0.29) is 22.6 Å². The Hall–Kier alpha value is -1.08. The molecule has 0 bridgehead atoms. The van der Waals surface area contributed by atoms with E-state index in [1.807, 2.05) is 0 Å². The van der Waals surface area contributed by atoms with Crippen LogP contribution in [0.25, 0.3) is 0 Å². The summed E-state index contributed by atoms with van der Waals surface area (Å²) in [5, 5.41) is 0. The normalized spacial score (nSPS) is 11.7. The summed E-state index contributed by atoms with van der Waals surface area (Å²) < 4.78 is 57.2. The fourth-order valence-electron chi connectivity index (χ4n) is 1.49. The summed E-state index contributed by atoms with van der Waals surface area (Å²) in [5.41, 5.74) is -0.329. The highest BCUT2D eigenvalue weighted by Gasteiger charge is 2.20. The van der Waals surface area contributed by atoms with Crippen LogP contribution < -0.4 is 9.47 Å². The number of hydrogen-bond donors (Lipinski definition) is 0. The Morgan fingerprint density at radius 3 is 2.28 bits per heavy atom. The molecule has 0 fully saturated rings. The van der Waals surface area contributed by atoms with Gasteiger partial charge < -0.3 is 9.47 Å². The summed E-state index contributed by atoms with van der Waals surface area (Å²) >= 11 is 0. The number of benzene rings is 1. The molecular weight excluding hydrogens is 290 g/mol. The third-order valence-electron chi connectivity index (χ3n) is 2.16. The Labute approximate surface area is 108 Å². The second kappa shape index (κ2) is 5.71. The van der Waals surface area contributed by atoms with Gasteiger partial charge in [-0.2, -0.15) is 0 Å². The molecular formula is C10H11ClF2O4S. The van der Waals surface area contributed by atoms with Crippen LogP contribution in [0.5, 0.6) is 11.5 Å². The maximum atomic E-state index is 12.7. The van der Waals surface area contributed by atoms with Crippen molar-refractivity contribution >= 4 is 19.7 Å². The van der Waals surface area contributed by atoms with E-state index in [9.17, 15) is 17.2 Å². The third kappa shape index (κ3) is 3.71. The van der Waals surface area contributed by atoms with Crippen molar-refractivity contribution in [3.8, 4) is 11.5 Å². The molecule has 1 rings (SSSR count). The van der Waals surface area contributed by atoms with Gasteiger partial charge in [0, 0.05) is 21.8 Å². The molecule has 0 heterocycles. The van der Waals surface area contributed by atoms with E-state index in [1.165, 1.54) is 14.2 Å². The molecule has 0 amide bonds. The fraction of sp³-hybridized carbons (Fsp3) is 0.400. The van der Waals surface area contributed by atoms with Crippen molar-refractivity contribution in [2.75, 3.05) is 14.2 Å². The second-order valence-electron chi connectivity index (χ2n) is 3.40. The molecule has 0 N–H and O–H groups in total. The van der Waals surface area contributed by atoms with Gasteiger partial charge in [-0.25, -0.2) is 17.2 Å². The maximum absolute atomic E-state index is 12.7. The van der Waals surface area contributed by atoms with E-state index in [2.05, 4.69) is 0 Å². The third-order valence-corrected chi connectivity index (χ3v) is 3.14. The van der Waals surface area contributed by atoms with Crippen LogP contribution in [-0.4, -0.2) is 22.6 Å². The smallest absolute Gasteiger partial charge is 0.263 e. The van der Waals surface area contributed by atoms with Crippen LogP contribution in [0.2, 0.25) is 0 Å². The van der Waals surface area contributed by atoms with Crippen LogP contribution >= 0.6 is 10.7 Å². The van der Waals surface area contributed by atoms with Gasteiger partial charge >= 0.3 is 0 Å². The summed E-state index contributed by atoms with van der Waals surface area (Å²) in [7, 11) is 3.78. The van der Waals surface area contributed by atoms with Gasteiger partial charge in [0.15, 0.2) is 11.5 Å². The molecule has 4 nitrogen and oxygen atoms in total.